The van der Waals surface area contributed by atoms with Crippen molar-refractivity contribution in [3.8, 4) is 0 Å². The van der Waals surface area contributed by atoms with Gasteiger partial charge < -0.3 is 5.21 Å². The number of pyridine rings is 1. The first-order valence-electron chi connectivity index (χ1n) is 7.92. The molecule has 0 saturated heterocycles. The third kappa shape index (κ3) is 4.10. The van der Waals surface area contributed by atoms with Gasteiger partial charge >= 0.3 is 0 Å². The van der Waals surface area contributed by atoms with Crippen LogP contribution < -0.4 is 5.43 Å². The quantitative estimate of drug-likeness (QED) is 0.606. The van der Waals surface area contributed by atoms with Gasteiger partial charge in [-0.05, 0) is 30.9 Å². The van der Waals surface area contributed by atoms with Gasteiger partial charge in [0.2, 0.25) is 0 Å². The Hall–Kier alpha value is -1.77. The second-order valence-corrected chi connectivity index (χ2v) is 6.18. The normalized spacial score (nSPS) is 11.4. The molecule has 1 aromatic heterocycles. The topological polar surface area (TPSA) is 42.2 Å². The maximum Gasteiger partial charge on any atom is 0.189 e. The van der Waals surface area contributed by atoms with Gasteiger partial charge in [-0.15, -0.1) is 0 Å². The molecular weight excluding hydrogens is 262 g/mol. The van der Waals surface area contributed by atoms with Crippen molar-refractivity contribution in [3.63, 3.8) is 0 Å². The van der Waals surface area contributed by atoms with Crippen LogP contribution in [0, 0.1) is 5.92 Å². The van der Waals surface area contributed by atoms with Crippen molar-refractivity contribution in [1.82, 2.24) is 4.73 Å². The van der Waals surface area contributed by atoms with Crippen molar-refractivity contribution in [2.75, 3.05) is 0 Å². The number of hydrogen-bond donors (Lipinski definition) is 1. The summed E-state index contributed by atoms with van der Waals surface area (Å²) in [4.78, 5) is 12.0. The summed E-state index contributed by atoms with van der Waals surface area (Å²) < 4.78 is 1.17. The van der Waals surface area contributed by atoms with E-state index in [0.29, 0.717) is 16.6 Å². The summed E-state index contributed by atoms with van der Waals surface area (Å²) >= 11 is 0. The van der Waals surface area contributed by atoms with E-state index in [4.69, 9.17) is 0 Å². The minimum absolute atomic E-state index is 0.00860. The molecule has 21 heavy (non-hydrogen) atoms. The summed E-state index contributed by atoms with van der Waals surface area (Å²) in [6, 6.07) is 8.75. The lowest BCUT2D eigenvalue weighted by atomic mass is 10.0. The fourth-order valence-corrected chi connectivity index (χ4v) is 2.70. The van der Waals surface area contributed by atoms with E-state index in [1.807, 2.05) is 12.1 Å². The summed E-state index contributed by atoms with van der Waals surface area (Å²) in [5.41, 5.74) is 1.30. The number of nitrogens with zero attached hydrogens (tertiary/aromatic N) is 1. The van der Waals surface area contributed by atoms with Crippen molar-refractivity contribution in [2.24, 2.45) is 5.92 Å². The van der Waals surface area contributed by atoms with Crippen LogP contribution >= 0.6 is 0 Å². The Morgan fingerprint density at radius 3 is 2.57 bits per heavy atom. The number of aromatic nitrogens is 1. The molecule has 0 fully saturated rings. The highest BCUT2D eigenvalue weighted by Gasteiger charge is 2.07. The molecule has 0 radical (unpaired) electrons. The number of hydrogen-bond acceptors (Lipinski definition) is 2. The van der Waals surface area contributed by atoms with Crippen LogP contribution in [0.3, 0.4) is 0 Å². The Bertz CT molecular complexity index is 643. The molecule has 0 spiro atoms. The second kappa shape index (κ2) is 7.30. The predicted molar refractivity (Wildman–Crippen MR) is 87.0 cm³/mol. The Kier molecular flexibility index (Phi) is 5.43. The zero-order valence-electron chi connectivity index (χ0n) is 13.0. The van der Waals surface area contributed by atoms with Gasteiger partial charge in [-0.3, -0.25) is 4.79 Å². The standard InChI is InChI=1S/C18H25NO2/c1-14(2)9-5-3-4-6-10-15-13-18(20)16-11-7-8-12-17(16)19(15)21/h7-8,11-14,21H,3-6,9-10H2,1-2H3. The van der Waals surface area contributed by atoms with E-state index in [-0.39, 0.29) is 5.43 Å². The van der Waals surface area contributed by atoms with Crippen LogP contribution in [-0.2, 0) is 6.42 Å². The van der Waals surface area contributed by atoms with Gasteiger partial charge in [-0.1, -0.05) is 51.7 Å². The monoisotopic (exact) mass is 287 g/mol. The van der Waals surface area contributed by atoms with Crippen molar-refractivity contribution >= 4 is 10.9 Å². The molecule has 2 rings (SSSR count). The van der Waals surface area contributed by atoms with E-state index in [9.17, 15) is 10.0 Å². The first kappa shape index (κ1) is 15.6. The molecule has 0 amide bonds. The molecule has 0 aliphatic carbocycles. The van der Waals surface area contributed by atoms with Gasteiger partial charge in [0.15, 0.2) is 5.43 Å². The van der Waals surface area contributed by atoms with Gasteiger partial charge in [0.1, 0.15) is 0 Å². The van der Waals surface area contributed by atoms with Crippen LogP contribution in [0.4, 0.5) is 0 Å². The Balaban J connectivity index is 1.96. The lowest BCUT2D eigenvalue weighted by Gasteiger charge is -2.10. The largest absolute Gasteiger partial charge is 0.428 e. The molecule has 114 valence electrons. The third-order valence-electron chi connectivity index (χ3n) is 3.93. The molecule has 1 N–H and O–H groups in total. The molecule has 1 aromatic carbocycles. The molecule has 0 aliphatic rings. The second-order valence-electron chi connectivity index (χ2n) is 6.18. The van der Waals surface area contributed by atoms with Gasteiger partial charge in [0.25, 0.3) is 0 Å². The number of rotatable bonds is 7. The number of benzene rings is 1. The molecule has 3 heteroatoms. The maximum absolute atomic E-state index is 12.0. The van der Waals surface area contributed by atoms with Gasteiger partial charge in [-0.2, -0.15) is 4.73 Å². The zero-order chi connectivity index (χ0) is 15.2. The van der Waals surface area contributed by atoms with Crippen molar-refractivity contribution in [1.29, 1.82) is 0 Å². The molecule has 0 saturated carbocycles. The first-order chi connectivity index (χ1) is 10.1. The first-order valence-corrected chi connectivity index (χ1v) is 7.92. The van der Waals surface area contributed by atoms with Crippen LogP contribution in [0.15, 0.2) is 35.1 Å². The van der Waals surface area contributed by atoms with E-state index in [2.05, 4.69) is 13.8 Å². The van der Waals surface area contributed by atoms with Crippen LogP contribution in [-0.4, -0.2) is 9.94 Å². The summed E-state index contributed by atoms with van der Waals surface area (Å²) in [5.74, 6) is 0.771. The number of fused-ring (bicyclic) bond motifs is 1. The van der Waals surface area contributed by atoms with Crippen molar-refractivity contribution < 1.29 is 5.21 Å². The summed E-state index contributed by atoms with van der Waals surface area (Å²) in [6.45, 7) is 4.50. The number of unbranched alkanes of at least 4 members (excludes halogenated alkanes) is 3. The molecule has 0 unspecified atom stereocenters. The number of para-hydroxylation sites is 1. The van der Waals surface area contributed by atoms with Crippen LogP contribution in [0.1, 0.15) is 51.6 Å². The summed E-state index contributed by atoms with van der Waals surface area (Å²) in [7, 11) is 0. The summed E-state index contributed by atoms with van der Waals surface area (Å²) in [5, 5.41) is 10.8. The SMILES string of the molecule is CC(C)CCCCCCc1cc(=O)c2ccccc2n1O. The van der Waals surface area contributed by atoms with Crippen molar-refractivity contribution in [3.05, 3.63) is 46.2 Å². The van der Waals surface area contributed by atoms with Crippen LogP contribution in [0.25, 0.3) is 10.9 Å². The highest BCUT2D eigenvalue weighted by Crippen LogP contribution is 2.14. The maximum atomic E-state index is 12.0. The van der Waals surface area contributed by atoms with Gasteiger partial charge in [0.05, 0.1) is 11.2 Å². The molecule has 1 heterocycles. The third-order valence-corrected chi connectivity index (χ3v) is 3.93. The zero-order valence-corrected chi connectivity index (χ0v) is 13.0. The van der Waals surface area contributed by atoms with Crippen molar-refractivity contribution in [2.45, 2.75) is 52.4 Å². The van der Waals surface area contributed by atoms with Gasteiger partial charge in [-0.25, -0.2) is 0 Å². The lowest BCUT2D eigenvalue weighted by molar-refractivity contribution is 0.187. The Morgan fingerprint density at radius 2 is 1.81 bits per heavy atom. The fourth-order valence-electron chi connectivity index (χ4n) is 2.70. The smallest absolute Gasteiger partial charge is 0.189 e. The van der Waals surface area contributed by atoms with E-state index in [1.54, 1.807) is 18.2 Å². The minimum atomic E-state index is -0.00860. The molecule has 0 bridgehead atoms. The number of aryl methyl sites for hydroxylation is 1. The predicted octanol–water partition coefficient (Wildman–Crippen LogP) is 4.39. The van der Waals surface area contributed by atoms with Crippen LogP contribution in [0.2, 0.25) is 0 Å². The lowest BCUT2D eigenvalue weighted by Crippen LogP contribution is -2.12. The highest BCUT2D eigenvalue weighted by molar-refractivity contribution is 5.78. The Morgan fingerprint density at radius 1 is 1.10 bits per heavy atom. The van der Waals surface area contributed by atoms with E-state index >= 15 is 0 Å². The molecule has 3 nitrogen and oxygen atoms in total. The average Bonchev–Trinajstić information content (AvgIpc) is 2.47. The minimum Gasteiger partial charge on any atom is -0.428 e. The van der Waals surface area contributed by atoms with E-state index < -0.39 is 0 Å². The molecular formula is C18H25NO2. The average molecular weight is 287 g/mol. The van der Waals surface area contributed by atoms with E-state index in [0.717, 1.165) is 25.2 Å². The van der Waals surface area contributed by atoms with E-state index in [1.165, 1.54) is 24.0 Å². The molecule has 0 atom stereocenters. The van der Waals surface area contributed by atoms with Gasteiger partial charge in [0, 0.05) is 11.5 Å². The van der Waals surface area contributed by atoms with Crippen LogP contribution in [0.5, 0.6) is 0 Å². The molecule has 0 aliphatic heterocycles. The fraction of sp³-hybridized carbons (Fsp3) is 0.500. The Labute approximate surface area is 126 Å². The highest BCUT2D eigenvalue weighted by atomic mass is 16.5. The summed E-state index contributed by atoms with van der Waals surface area (Å²) in [6.07, 6.45) is 6.67. The molecule has 2 aromatic rings.